The Kier molecular flexibility index (Phi) is 3.36. The van der Waals surface area contributed by atoms with E-state index in [9.17, 15) is 5.11 Å². The van der Waals surface area contributed by atoms with Gasteiger partial charge in [0.25, 0.3) is 0 Å². The van der Waals surface area contributed by atoms with Crippen molar-refractivity contribution in [3.8, 4) is 5.75 Å². The molecule has 0 atom stereocenters. The minimum absolute atomic E-state index is 0. The number of fused-ring (bicyclic) bond motifs is 1. The molecule has 1 N–H and O–H groups in total. The van der Waals surface area contributed by atoms with E-state index in [2.05, 4.69) is 4.98 Å². The highest BCUT2D eigenvalue weighted by molar-refractivity contribution is 6.35. The third kappa shape index (κ3) is 1.87. The smallest absolute Gasteiger partial charge is 0.316 e. The molecule has 2 nitrogen and oxygen atoms in total. The van der Waals surface area contributed by atoms with Gasteiger partial charge in [-0.3, -0.25) is 4.98 Å². The molecule has 0 saturated carbocycles. The molecule has 0 unspecified atom stereocenters. The van der Waals surface area contributed by atoms with Gasteiger partial charge < -0.3 is 5.11 Å². The van der Waals surface area contributed by atoms with E-state index in [-0.39, 0.29) is 28.8 Å². The summed E-state index contributed by atoms with van der Waals surface area (Å²) in [5.74, 6) is 0.162. The molecule has 13 heavy (non-hydrogen) atoms. The molecule has 0 radical (unpaired) electrons. The van der Waals surface area contributed by atoms with Gasteiger partial charge in [0.1, 0.15) is 11.3 Å². The van der Waals surface area contributed by atoms with Crippen LogP contribution in [0.1, 0.15) is 0 Å². The normalized spacial score (nSPS) is 9.62. The van der Waals surface area contributed by atoms with E-state index in [1.165, 1.54) is 6.07 Å². The van der Waals surface area contributed by atoms with Gasteiger partial charge in [0.2, 0.25) is 0 Å². The summed E-state index contributed by atoms with van der Waals surface area (Å²) in [6.45, 7) is 0. The molecule has 0 aliphatic heterocycles. The van der Waals surface area contributed by atoms with E-state index in [1.807, 2.05) is 6.07 Å². The van der Waals surface area contributed by atoms with E-state index in [4.69, 9.17) is 11.6 Å². The van der Waals surface area contributed by atoms with Crippen LogP contribution in [0.15, 0.2) is 30.5 Å². The minimum atomic E-state index is 0. The first-order chi connectivity index (χ1) is 5.79. The number of phenols is 1. The van der Waals surface area contributed by atoms with Crippen LogP contribution in [0, 0.1) is 0 Å². The summed E-state index contributed by atoms with van der Waals surface area (Å²) >= 11 is 5.88. The van der Waals surface area contributed by atoms with Gasteiger partial charge in [0, 0.05) is 11.6 Å². The van der Waals surface area contributed by atoms with Gasteiger partial charge in [-0.2, -0.15) is 0 Å². The second-order valence-corrected chi connectivity index (χ2v) is 2.87. The van der Waals surface area contributed by atoms with Gasteiger partial charge in [-0.05, 0) is 24.3 Å². The lowest BCUT2D eigenvalue weighted by molar-refractivity contribution is 0.480. The van der Waals surface area contributed by atoms with E-state index in [0.29, 0.717) is 10.5 Å². The first-order valence-electron chi connectivity index (χ1n) is 3.51. The first kappa shape index (κ1) is 10.6. The molecule has 2 rings (SSSR count). The van der Waals surface area contributed by atoms with Crippen molar-refractivity contribution in [2.45, 2.75) is 0 Å². The Hall–Kier alpha value is -0.514. The molecule has 0 saturated heterocycles. The highest BCUT2D eigenvalue weighted by Gasteiger charge is 2.02. The molecule has 1 aromatic heterocycles. The number of aromatic nitrogens is 1. The van der Waals surface area contributed by atoms with Gasteiger partial charge in [0.05, 0.1) is 5.02 Å². The van der Waals surface area contributed by atoms with Crippen molar-refractivity contribution >= 4 is 45.6 Å². The Balaban J connectivity index is 0.000000845. The summed E-state index contributed by atoms with van der Waals surface area (Å²) < 4.78 is 0. The van der Waals surface area contributed by atoms with Crippen LogP contribution < -0.4 is 0 Å². The van der Waals surface area contributed by atoms with Crippen molar-refractivity contribution < 1.29 is 5.11 Å². The topological polar surface area (TPSA) is 33.1 Å². The quantitative estimate of drug-likeness (QED) is 0.665. The Morgan fingerprint density at radius 2 is 2.00 bits per heavy atom. The zero-order valence-electron chi connectivity index (χ0n) is 6.16. The highest BCUT2D eigenvalue weighted by atomic mass is 35.5. The van der Waals surface area contributed by atoms with Gasteiger partial charge in [-0.1, -0.05) is 11.6 Å². The number of pyridine rings is 1. The van der Waals surface area contributed by atoms with Gasteiger partial charge in [0.15, 0.2) is 0 Å². The third-order valence-electron chi connectivity index (χ3n) is 1.70. The van der Waals surface area contributed by atoms with Crippen molar-refractivity contribution in [3.63, 3.8) is 0 Å². The zero-order chi connectivity index (χ0) is 8.55. The predicted molar refractivity (Wildman–Crippen MR) is 57.0 cm³/mol. The van der Waals surface area contributed by atoms with Crippen LogP contribution in [0.2, 0.25) is 5.02 Å². The average molecular weight is 206 g/mol. The third-order valence-corrected chi connectivity index (χ3v) is 2.02. The van der Waals surface area contributed by atoms with Crippen molar-refractivity contribution in [2.75, 3.05) is 0 Å². The van der Waals surface area contributed by atoms with Crippen molar-refractivity contribution in [2.24, 2.45) is 0 Å². The molecule has 64 valence electrons. The Labute approximate surface area is 96.7 Å². The van der Waals surface area contributed by atoms with Crippen LogP contribution in [0.25, 0.3) is 10.9 Å². The van der Waals surface area contributed by atoms with E-state index in [1.54, 1.807) is 18.3 Å². The number of aromatic hydroxyl groups is 1. The molecule has 0 aliphatic carbocycles. The van der Waals surface area contributed by atoms with Crippen molar-refractivity contribution in [3.05, 3.63) is 35.5 Å². The molecule has 4 heteroatoms. The summed E-state index contributed by atoms with van der Waals surface area (Å²) in [7, 11) is 0. The molecular formula is C9H8ClMgNO. The van der Waals surface area contributed by atoms with Crippen LogP contribution in [0.5, 0.6) is 5.75 Å². The molecule has 0 amide bonds. The van der Waals surface area contributed by atoms with Crippen LogP contribution in [-0.4, -0.2) is 33.1 Å². The second kappa shape index (κ2) is 4.13. The highest BCUT2D eigenvalue weighted by Crippen LogP contribution is 2.28. The second-order valence-electron chi connectivity index (χ2n) is 2.47. The lowest BCUT2D eigenvalue weighted by Gasteiger charge is -2.00. The lowest BCUT2D eigenvalue weighted by atomic mass is 10.2. The van der Waals surface area contributed by atoms with Crippen LogP contribution in [0.3, 0.4) is 0 Å². The SMILES string of the molecule is Oc1ccc(Cl)c2cccnc12.[MgH2]. The van der Waals surface area contributed by atoms with E-state index in [0.717, 1.165) is 5.39 Å². The average Bonchev–Trinajstić information content (AvgIpc) is 2.12. The predicted octanol–water partition coefficient (Wildman–Crippen LogP) is 1.68. The van der Waals surface area contributed by atoms with Gasteiger partial charge in [-0.25, -0.2) is 0 Å². The van der Waals surface area contributed by atoms with E-state index < -0.39 is 0 Å². The molecule has 2 aromatic rings. The molecular weight excluding hydrogens is 198 g/mol. The maximum absolute atomic E-state index is 9.37. The van der Waals surface area contributed by atoms with Crippen LogP contribution in [-0.2, 0) is 0 Å². The Morgan fingerprint density at radius 1 is 1.23 bits per heavy atom. The standard InChI is InChI=1S/C9H6ClNO.Mg.2H/c10-7-3-4-8(12)9-6(7)2-1-5-11-9;;;/h1-5,12H;;;. The Bertz CT molecular complexity index is 392. The summed E-state index contributed by atoms with van der Waals surface area (Å²) in [4.78, 5) is 4.01. The molecule has 0 spiro atoms. The zero-order valence-corrected chi connectivity index (χ0v) is 6.92. The Morgan fingerprint density at radius 3 is 2.69 bits per heavy atom. The van der Waals surface area contributed by atoms with Gasteiger partial charge >= 0.3 is 23.1 Å². The fourth-order valence-electron chi connectivity index (χ4n) is 1.12. The van der Waals surface area contributed by atoms with Crippen molar-refractivity contribution in [1.82, 2.24) is 4.98 Å². The number of nitrogens with zero attached hydrogens (tertiary/aromatic N) is 1. The first-order valence-corrected chi connectivity index (χ1v) is 3.89. The number of hydrogen-bond acceptors (Lipinski definition) is 2. The number of rotatable bonds is 0. The minimum Gasteiger partial charge on any atom is -0.506 e. The summed E-state index contributed by atoms with van der Waals surface area (Å²) in [6, 6.07) is 6.80. The number of halogens is 1. The van der Waals surface area contributed by atoms with Crippen molar-refractivity contribution in [1.29, 1.82) is 0 Å². The molecule has 1 aromatic carbocycles. The molecule has 0 bridgehead atoms. The maximum Gasteiger partial charge on any atom is 0.316 e. The molecule has 0 aliphatic rings. The summed E-state index contributed by atoms with van der Waals surface area (Å²) in [5, 5.41) is 10.8. The monoisotopic (exact) mass is 205 g/mol. The molecule has 1 heterocycles. The number of hydrogen-bond donors (Lipinski definition) is 1. The van der Waals surface area contributed by atoms with E-state index >= 15 is 0 Å². The van der Waals surface area contributed by atoms with Crippen LogP contribution >= 0.6 is 11.6 Å². The maximum atomic E-state index is 9.37. The summed E-state index contributed by atoms with van der Waals surface area (Å²) in [5.41, 5.74) is 0.546. The number of benzene rings is 1. The fourth-order valence-corrected chi connectivity index (χ4v) is 1.34. The lowest BCUT2D eigenvalue weighted by Crippen LogP contribution is -1.78. The summed E-state index contributed by atoms with van der Waals surface area (Å²) in [6.07, 6.45) is 1.62. The van der Waals surface area contributed by atoms with Gasteiger partial charge in [-0.15, -0.1) is 0 Å². The number of phenolic OH excluding ortho intramolecular Hbond substituents is 1. The molecule has 0 fully saturated rings. The largest absolute Gasteiger partial charge is 0.506 e. The van der Waals surface area contributed by atoms with Crippen LogP contribution in [0.4, 0.5) is 0 Å². The fraction of sp³-hybridized carbons (Fsp3) is 0.